The number of unbranched alkanes of at least 4 members (excludes halogenated alkanes) is 5. The maximum atomic E-state index is 5.79. The van der Waals surface area contributed by atoms with E-state index in [2.05, 4.69) is 33.1 Å². The van der Waals surface area contributed by atoms with Crippen molar-refractivity contribution in [1.29, 1.82) is 0 Å². The fraction of sp³-hybridized carbons (Fsp3) is 0.529. The monoisotopic (exact) mass is 397 g/mol. The van der Waals surface area contributed by atoms with Gasteiger partial charge >= 0.3 is 0 Å². The predicted molar refractivity (Wildman–Crippen MR) is 99.3 cm³/mol. The molecule has 0 aliphatic heterocycles. The molecule has 0 aliphatic rings. The molecule has 0 fully saturated rings. The molecular formula is C17H24BrN3OS. The number of aromatic amines is 1. The van der Waals surface area contributed by atoms with Crippen molar-refractivity contribution in [2.75, 3.05) is 0 Å². The van der Waals surface area contributed by atoms with Crippen molar-refractivity contribution in [2.45, 2.75) is 58.6 Å². The van der Waals surface area contributed by atoms with Crippen LogP contribution in [0.15, 0.2) is 28.7 Å². The Morgan fingerprint density at radius 2 is 1.83 bits per heavy atom. The van der Waals surface area contributed by atoms with Gasteiger partial charge in [-0.15, -0.1) is 0 Å². The minimum absolute atomic E-state index is 0.421. The summed E-state index contributed by atoms with van der Waals surface area (Å²) in [5, 5.41) is 7.16. The highest BCUT2D eigenvalue weighted by Gasteiger charge is 2.07. The summed E-state index contributed by atoms with van der Waals surface area (Å²) < 4.78 is 9.55. The van der Waals surface area contributed by atoms with E-state index in [1.807, 2.05) is 28.8 Å². The largest absolute Gasteiger partial charge is 0.486 e. The van der Waals surface area contributed by atoms with E-state index >= 15 is 0 Å². The summed E-state index contributed by atoms with van der Waals surface area (Å²) in [6.07, 6.45) is 7.60. The van der Waals surface area contributed by atoms with Gasteiger partial charge in [0.15, 0.2) is 10.6 Å². The van der Waals surface area contributed by atoms with Gasteiger partial charge in [0.05, 0.1) is 0 Å². The number of rotatable bonds is 10. The van der Waals surface area contributed by atoms with Gasteiger partial charge in [-0.25, -0.2) is 0 Å². The van der Waals surface area contributed by atoms with E-state index in [1.165, 1.54) is 32.1 Å². The maximum absolute atomic E-state index is 5.79. The van der Waals surface area contributed by atoms with Gasteiger partial charge in [0.2, 0.25) is 0 Å². The van der Waals surface area contributed by atoms with Gasteiger partial charge in [-0.1, -0.05) is 55.0 Å². The van der Waals surface area contributed by atoms with Gasteiger partial charge in [0.1, 0.15) is 12.4 Å². The quantitative estimate of drug-likeness (QED) is 0.416. The van der Waals surface area contributed by atoms with Crippen molar-refractivity contribution in [3.8, 4) is 5.75 Å². The molecule has 0 spiro atoms. The number of benzene rings is 1. The third-order valence-electron chi connectivity index (χ3n) is 3.75. The molecule has 0 atom stereocenters. The Bertz CT molecular complexity index is 636. The number of nitrogens with one attached hydrogen (secondary N) is 1. The summed E-state index contributed by atoms with van der Waals surface area (Å²) in [6, 6.07) is 7.79. The molecule has 0 amide bonds. The molecule has 1 heterocycles. The summed E-state index contributed by atoms with van der Waals surface area (Å²) in [6.45, 7) is 3.56. The molecule has 1 aromatic carbocycles. The van der Waals surface area contributed by atoms with Crippen LogP contribution in [-0.2, 0) is 13.2 Å². The number of ether oxygens (including phenoxy) is 1. The van der Waals surface area contributed by atoms with Gasteiger partial charge in [0.25, 0.3) is 0 Å². The fourth-order valence-electron chi connectivity index (χ4n) is 2.42. The van der Waals surface area contributed by atoms with E-state index in [-0.39, 0.29) is 0 Å². The zero-order valence-corrected chi connectivity index (χ0v) is 16.0. The molecule has 23 heavy (non-hydrogen) atoms. The van der Waals surface area contributed by atoms with E-state index in [0.29, 0.717) is 11.4 Å². The zero-order chi connectivity index (χ0) is 16.5. The van der Waals surface area contributed by atoms with Gasteiger partial charge in [-0.05, 0) is 42.9 Å². The first-order chi connectivity index (χ1) is 11.2. The lowest BCUT2D eigenvalue weighted by Gasteiger charge is -2.08. The number of hydrogen-bond donors (Lipinski definition) is 1. The van der Waals surface area contributed by atoms with E-state index in [4.69, 9.17) is 17.0 Å². The van der Waals surface area contributed by atoms with Crippen LogP contribution in [0, 0.1) is 4.77 Å². The lowest BCUT2D eigenvalue weighted by molar-refractivity contribution is 0.288. The first-order valence-corrected chi connectivity index (χ1v) is 9.43. The van der Waals surface area contributed by atoms with Crippen LogP contribution >= 0.6 is 28.1 Å². The molecular weight excluding hydrogens is 374 g/mol. The minimum Gasteiger partial charge on any atom is -0.486 e. The predicted octanol–water partition coefficient (Wildman–Crippen LogP) is 5.64. The van der Waals surface area contributed by atoms with Crippen LogP contribution in [-0.4, -0.2) is 14.8 Å². The van der Waals surface area contributed by atoms with Crippen LogP contribution in [0.25, 0.3) is 0 Å². The Morgan fingerprint density at radius 3 is 2.57 bits per heavy atom. The fourth-order valence-corrected chi connectivity index (χ4v) is 2.93. The Morgan fingerprint density at radius 1 is 1.13 bits per heavy atom. The zero-order valence-electron chi connectivity index (χ0n) is 13.6. The van der Waals surface area contributed by atoms with E-state index in [9.17, 15) is 0 Å². The van der Waals surface area contributed by atoms with E-state index in [0.717, 1.165) is 29.0 Å². The summed E-state index contributed by atoms with van der Waals surface area (Å²) in [7, 11) is 0. The molecule has 0 aliphatic carbocycles. The van der Waals surface area contributed by atoms with E-state index < -0.39 is 0 Å². The molecule has 2 rings (SSSR count). The van der Waals surface area contributed by atoms with Gasteiger partial charge in [-0.3, -0.25) is 5.10 Å². The third kappa shape index (κ3) is 6.11. The second-order valence-corrected chi connectivity index (χ2v) is 6.91. The highest BCUT2D eigenvalue weighted by Crippen LogP contribution is 2.17. The van der Waals surface area contributed by atoms with Crippen molar-refractivity contribution in [1.82, 2.24) is 14.8 Å². The Hall–Kier alpha value is -1.14. The Kier molecular flexibility index (Phi) is 7.82. The summed E-state index contributed by atoms with van der Waals surface area (Å²) >= 11 is 8.74. The number of halogens is 1. The SMILES string of the molecule is CCCCCCCCn1c(COc2ccc(Br)cc2)n[nH]c1=S. The van der Waals surface area contributed by atoms with Crippen molar-refractivity contribution >= 4 is 28.1 Å². The van der Waals surface area contributed by atoms with Crippen molar-refractivity contribution in [3.63, 3.8) is 0 Å². The van der Waals surface area contributed by atoms with Crippen LogP contribution in [0.2, 0.25) is 0 Å². The topological polar surface area (TPSA) is 42.8 Å². The lowest BCUT2D eigenvalue weighted by Crippen LogP contribution is -2.08. The van der Waals surface area contributed by atoms with Gasteiger partial charge in [0, 0.05) is 11.0 Å². The van der Waals surface area contributed by atoms with Crippen LogP contribution in [0.4, 0.5) is 0 Å². The van der Waals surface area contributed by atoms with Crippen molar-refractivity contribution in [3.05, 3.63) is 39.3 Å². The molecule has 0 saturated carbocycles. The average Bonchev–Trinajstić information content (AvgIpc) is 2.90. The Labute approximate surface area is 151 Å². The Balaban J connectivity index is 1.83. The van der Waals surface area contributed by atoms with Crippen LogP contribution in [0.3, 0.4) is 0 Å². The summed E-state index contributed by atoms with van der Waals surface area (Å²) in [4.78, 5) is 0. The number of hydrogen-bond acceptors (Lipinski definition) is 3. The second-order valence-electron chi connectivity index (χ2n) is 5.61. The summed E-state index contributed by atoms with van der Waals surface area (Å²) in [5.41, 5.74) is 0. The molecule has 126 valence electrons. The normalized spacial score (nSPS) is 10.9. The highest BCUT2D eigenvalue weighted by atomic mass is 79.9. The molecule has 1 N–H and O–H groups in total. The minimum atomic E-state index is 0.421. The molecule has 0 saturated heterocycles. The molecule has 4 nitrogen and oxygen atoms in total. The smallest absolute Gasteiger partial charge is 0.195 e. The molecule has 0 radical (unpaired) electrons. The van der Waals surface area contributed by atoms with Gasteiger partial charge < -0.3 is 9.30 Å². The number of aromatic nitrogens is 3. The maximum Gasteiger partial charge on any atom is 0.195 e. The lowest BCUT2D eigenvalue weighted by atomic mass is 10.1. The summed E-state index contributed by atoms with van der Waals surface area (Å²) in [5.74, 6) is 1.68. The van der Waals surface area contributed by atoms with Crippen LogP contribution < -0.4 is 4.74 Å². The molecule has 6 heteroatoms. The highest BCUT2D eigenvalue weighted by molar-refractivity contribution is 9.10. The first kappa shape index (κ1) is 18.2. The second kappa shape index (κ2) is 9.88. The van der Waals surface area contributed by atoms with Crippen LogP contribution in [0.5, 0.6) is 5.75 Å². The third-order valence-corrected chi connectivity index (χ3v) is 4.59. The molecule has 0 bridgehead atoms. The molecule has 0 unspecified atom stereocenters. The van der Waals surface area contributed by atoms with Crippen molar-refractivity contribution < 1.29 is 4.74 Å². The first-order valence-electron chi connectivity index (χ1n) is 8.23. The average molecular weight is 398 g/mol. The standard InChI is InChI=1S/C17H24BrN3OS/c1-2-3-4-5-6-7-12-21-16(19-20-17(21)23)13-22-15-10-8-14(18)9-11-15/h8-11H,2-7,12-13H2,1H3,(H,20,23). The van der Waals surface area contributed by atoms with Crippen LogP contribution in [0.1, 0.15) is 51.3 Å². The van der Waals surface area contributed by atoms with Crippen molar-refractivity contribution in [2.24, 2.45) is 0 Å². The number of nitrogens with zero attached hydrogens (tertiary/aromatic N) is 2. The molecule has 2 aromatic rings. The van der Waals surface area contributed by atoms with Gasteiger partial charge in [-0.2, -0.15) is 5.10 Å². The van der Waals surface area contributed by atoms with E-state index in [1.54, 1.807) is 0 Å². The number of H-pyrrole nitrogens is 1. The molecule has 1 aromatic heterocycles.